The van der Waals surface area contributed by atoms with Crippen LogP contribution in [0.25, 0.3) is 17.0 Å². The lowest BCUT2D eigenvalue weighted by atomic mass is 9.93. The Kier molecular flexibility index (Phi) is 5.65. The molecule has 1 unspecified atom stereocenters. The highest BCUT2D eigenvalue weighted by atomic mass is 32.1. The van der Waals surface area contributed by atoms with E-state index in [1.807, 2.05) is 60.4 Å². The SMILES string of the molecule is CCc1ccc(C2NC(=S)N(c3ccccc3)C(C)=C2c2nc(-c3ccc4c(c3)OCO4)no2)cc1. The van der Waals surface area contributed by atoms with Crippen molar-refractivity contribution in [2.75, 3.05) is 11.7 Å². The largest absolute Gasteiger partial charge is 0.454 e. The molecule has 7 nitrogen and oxygen atoms in total. The maximum Gasteiger partial charge on any atom is 0.258 e. The molecule has 0 fully saturated rings. The first-order valence-electron chi connectivity index (χ1n) is 11.8. The molecule has 8 heteroatoms. The number of fused-ring (bicyclic) bond motifs is 1. The monoisotopic (exact) mass is 496 g/mol. The van der Waals surface area contributed by atoms with E-state index < -0.39 is 0 Å². The van der Waals surface area contributed by atoms with E-state index >= 15 is 0 Å². The minimum atomic E-state index is -0.242. The van der Waals surface area contributed by atoms with E-state index in [1.165, 1.54) is 5.56 Å². The van der Waals surface area contributed by atoms with Crippen LogP contribution in [0, 0.1) is 0 Å². The molecule has 3 heterocycles. The summed E-state index contributed by atoms with van der Waals surface area (Å²) in [5.74, 6) is 2.28. The average molecular weight is 497 g/mol. The summed E-state index contributed by atoms with van der Waals surface area (Å²) >= 11 is 5.83. The van der Waals surface area contributed by atoms with Gasteiger partial charge in [-0.25, -0.2) is 0 Å². The van der Waals surface area contributed by atoms with E-state index in [0.29, 0.717) is 28.3 Å². The van der Waals surface area contributed by atoms with Gasteiger partial charge in [-0.1, -0.05) is 54.5 Å². The fraction of sp³-hybridized carbons (Fsp3) is 0.179. The number of para-hydroxylation sites is 1. The molecule has 1 aromatic heterocycles. The van der Waals surface area contributed by atoms with E-state index in [2.05, 4.69) is 41.7 Å². The number of aromatic nitrogens is 2. The third kappa shape index (κ3) is 3.89. The Balaban J connectivity index is 1.46. The molecular formula is C28H24N4O3S. The molecule has 3 aromatic carbocycles. The van der Waals surface area contributed by atoms with Crippen LogP contribution in [-0.2, 0) is 6.42 Å². The van der Waals surface area contributed by atoms with Gasteiger partial charge in [0.1, 0.15) is 0 Å². The van der Waals surface area contributed by atoms with Crippen LogP contribution in [0.2, 0.25) is 0 Å². The van der Waals surface area contributed by atoms with Gasteiger partial charge in [-0.3, -0.25) is 4.90 Å². The Morgan fingerprint density at radius 3 is 2.56 bits per heavy atom. The number of ether oxygens (including phenoxy) is 2. The fourth-order valence-corrected chi connectivity index (χ4v) is 4.95. The molecule has 0 saturated carbocycles. The molecule has 0 aliphatic carbocycles. The van der Waals surface area contributed by atoms with Crippen molar-refractivity contribution in [3.63, 3.8) is 0 Å². The molecular weight excluding hydrogens is 472 g/mol. The van der Waals surface area contributed by atoms with Gasteiger partial charge in [0.15, 0.2) is 16.6 Å². The smallest absolute Gasteiger partial charge is 0.258 e. The molecule has 0 bridgehead atoms. The van der Waals surface area contributed by atoms with Crippen LogP contribution in [0.1, 0.15) is 36.9 Å². The molecule has 1 N–H and O–H groups in total. The van der Waals surface area contributed by atoms with Gasteiger partial charge in [0.25, 0.3) is 5.89 Å². The molecule has 2 aliphatic heterocycles. The predicted octanol–water partition coefficient (Wildman–Crippen LogP) is 5.89. The van der Waals surface area contributed by atoms with E-state index in [0.717, 1.165) is 34.5 Å². The third-order valence-corrected chi connectivity index (χ3v) is 6.81. The van der Waals surface area contributed by atoms with Gasteiger partial charge in [-0.05, 0) is 67.0 Å². The molecule has 4 aromatic rings. The molecule has 0 saturated heterocycles. The molecule has 0 spiro atoms. The second-order valence-electron chi connectivity index (χ2n) is 8.64. The second-order valence-corrected chi connectivity index (χ2v) is 9.03. The zero-order chi connectivity index (χ0) is 24.6. The minimum Gasteiger partial charge on any atom is -0.454 e. The standard InChI is InChI=1S/C28H24N4O3S/c1-3-18-9-11-19(12-10-18)25-24(17(2)32(28(36)29-25)21-7-5-4-6-8-21)27-30-26(31-35-27)20-13-14-22-23(15-20)34-16-33-22/h4-15,25H,3,16H2,1-2H3,(H,29,36). The van der Waals surface area contributed by atoms with Gasteiger partial charge in [0.05, 0.1) is 11.6 Å². The topological polar surface area (TPSA) is 72.7 Å². The zero-order valence-electron chi connectivity index (χ0n) is 19.9. The average Bonchev–Trinajstić information content (AvgIpc) is 3.58. The highest BCUT2D eigenvalue weighted by molar-refractivity contribution is 7.80. The number of thiocarbonyl (C=S) groups is 1. The van der Waals surface area contributed by atoms with Gasteiger partial charge >= 0.3 is 0 Å². The first-order chi connectivity index (χ1) is 17.6. The summed E-state index contributed by atoms with van der Waals surface area (Å²) in [7, 11) is 0. The number of aryl methyl sites for hydroxylation is 1. The number of benzene rings is 3. The Labute approximate surface area is 214 Å². The lowest BCUT2D eigenvalue weighted by Crippen LogP contribution is -2.46. The summed E-state index contributed by atoms with van der Waals surface area (Å²) in [4.78, 5) is 6.81. The first kappa shape index (κ1) is 22.3. The van der Waals surface area contributed by atoms with Crippen molar-refractivity contribution in [1.29, 1.82) is 0 Å². The summed E-state index contributed by atoms with van der Waals surface area (Å²) < 4.78 is 16.8. The first-order valence-corrected chi connectivity index (χ1v) is 12.2. The van der Waals surface area contributed by atoms with Crippen LogP contribution in [0.5, 0.6) is 11.5 Å². The Morgan fingerprint density at radius 1 is 1.00 bits per heavy atom. The number of nitrogens with one attached hydrogen (secondary N) is 1. The van der Waals surface area contributed by atoms with Crippen LogP contribution in [0.15, 0.2) is 83.0 Å². The normalized spacial score (nSPS) is 16.9. The maximum atomic E-state index is 5.86. The molecule has 36 heavy (non-hydrogen) atoms. The van der Waals surface area contributed by atoms with Gasteiger partial charge < -0.3 is 19.3 Å². The Morgan fingerprint density at radius 2 is 1.78 bits per heavy atom. The Hall–Kier alpha value is -4.17. The molecule has 0 radical (unpaired) electrons. The predicted molar refractivity (Wildman–Crippen MR) is 142 cm³/mol. The minimum absolute atomic E-state index is 0.210. The van der Waals surface area contributed by atoms with Crippen molar-refractivity contribution in [2.24, 2.45) is 0 Å². The van der Waals surface area contributed by atoms with Crippen molar-refractivity contribution < 1.29 is 14.0 Å². The van der Waals surface area contributed by atoms with Crippen LogP contribution >= 0.6 is 12.2 Å². The van der Waals surface area contributed by atoms with Gasteiger partial charge in [-0.15, -0.1) is 0 Å². The van der Waals surface area contributed by atoms with Crippen molar-refractivity contribution in [1.82, 2.24) is 15.5 Å². The fourth-order valence-electron chi connectivity index (χ4n) is 4.59. The zero-order valence-corrected chi connectivity index (χ0v) is 20.7. The summed E-state index contributed by atoms with van der Waals surface area (Å²) in [6.07, 6.45) is 0.975. The molecule has 1 atom stereocenters. The van der Waals surface area contributed by atoms with E-state index in [1.54, 1.807) is 0 Å². The van der Waals surface area contributed by atoms with Crippen LogP contribution in [-0.4, -0.2) is 22.0 Å². The number of anilines is 1. The van der Waals surface area contributed by atoms with Crippen molar-refractivity contribution in [3.8, 4) is 22.9 Å². The molecule has 0 amide bonds. The molecule has 180 valence electrons. The quantitative estimate of drug-likeness (QED) is 0.343. The van der Waals surface area contributed by atoms with Crippen LogP contribution in [0.4, 0.5) is 5.69 Å². The van der Waals surface area contributed by atoms with Gasteiger partial charge in [0.2, 0.25) is 12.6 Å². The number of hydrogen-bond acceptors (Lipinski definition) is 6. The number of nitrogens with zero attached hydrogens (tertiary/aromatic N) is 3. The van der Waals surface area contributed by atoms with Crippen molar-refractivity contribution >= 4 is 28.6 Å². The van der Waals surface area contributed by atoms with E-state index in [-0.39, 0.29) is 12.8 Å². The number of hydrogen-bond donors (Lipinski definition) is 1. The Bertz CT molecular complexity index is 1460. The van der Waals surface area contributed by atoms with Crippen molar-refractivity contribution in [2.45, 2.75) is 26.3 Å². The molecule has 2 aliphatic rings. The summed E-state index contributed by atoms with van der Waals surface area (Å²) in [6, 6.07) is 23.9. The number of rotatable bonds is 5. The lowest BCUT2D eigenvalue weighted by Gasteiger charge is -2.37. The van der Waals surface area contributed by atoms with Crippen LogP contribution < -0.4 is 19.7 Å². The van der Waals surface area contributed by atoms with E-state index in [4.69, 9.17) is 31.2 Å². The lowest BCUT2D eigenvalue weighted by molar-refractivity contribution is 0.174. The van der Waals surface area contributed by atoms with Crippen molar-refractivity contribution in [3.05, 3.63) is 95.5 Å². The second kappa shape index (κ2) is 9.13. The highest BCUT2D eigenvalue weighted by Gasteiger charge is 2.34. The summed E-state index contributed by atoms with van der Waals surface area (Å²) in [5, 5.41) is 8.43. The highest BCUT2D eigenvalue weighted by Crippen LogP contribution is 2.40. The van der Waals surface area contributed by atoms with Gasteiger partial charge in [-0.2, -0.15) is 4.98 Å². The summed E-state index contributed by atoms with van der Waals surface area (Å²) in [5.41, 5.74) is 5.88. The number of allylic oxidation sites excluding steroid dienone is 1. The van der Waals surface area contributed by atoms with Gasteiger partial charge in [0, 0.05) is 16.9 Å². The summed E-state index contributed by atoms with van der Waals surface area (Å²) in [6.45, 7) is 4.39. The van der Waals surface area contributed by atoms with Crippen LogP contribution in [0.3, 0.4) is 0 Å². The van der Waals surface area contributed by atoms with E-state index in [9.17, 15) is 0 Å². The molecule has 6 rings (SSSR count). The maximum absolute atomic E-state index is 5.86. The third-order valence-electron chi connectivity index (χ3n) is 6.51.